The number of nitrogens with zero attached hydrogens (tertiary/aromatic N) is 3. The van der Waals surface area contributed by atoms with E-state index in [4.69, 9.17) is 11.6 Å². The smallest absolute Gasteiger partial charge is 0.222 e. The predicted molar refractivity (Wildman–Crippen MR) is 105 cm³/mol. The summed E-state index contributed by atoms with van der Waals surface area (Å²) in [6.07, 6.45) is 2.51. The van der Waals surface area contributed by atoms with E-state index in [0.717, 1.165) is 17.4 Å². The Balaban J connectivity index is 1.62. The maximum absolute atomic E-state index is 6.06. The van der Waals surface area contributed by atoms with Crippen molar-refractivity contribution in [3.63, 3.8) is 0 Å². The van der Waals surface area contributed by atoms with E-state index in [0.29, 0.717) is 0 Å². The molecule has 4 aromatic rings. The van der Waals surface area contributed by atoms with E-state index in [1.54, 1.807) is 6.33 Å². The summed E-state index contributed by atoms with van der Waals surface area (Å²) < 4.78 is 1.99. The zero-order valence-electron chi connectivity index (χ0n) is 14.0. The molecule has 0 fully saturated rings. The van der Waals surface area contributed by atoms with Crippen molar-refractivity contribution in [1.29, 1.82) is 0 Å². The van der Waals surface area contributed by atoms with E-state index < -0.39 is 0 Å². The first-order valence-electron chi connectivity index (χ1n) is 8.69. The van der Waals surface area contributed by atoms with Crippen LogP contribution < -0.4 is 5.32 Å². The summed E-state index contributed by atoms with van der Waals surface area (Å²) in [7, 11) is 0. The van der Waals surface area contributed by atoms with Gasteiger partial charge in [0.05, 0.1) is 12.1 Å². The Labute approximate surface area is 156 Å². The van der Waals surface area contributed by atoms with Crippen LogP contribution in [-0.4, -0.2) is 14.8 Å². The molecule has 3 aromatic carbocycles. The van der Waals surface area contributed by atoms with Gasteiger partial charge in [-0.2, -0.15) is 10.1 Å². The van der Waals surface area contributed by atoms with Crippen LogP contribution in [0, 0.1) is 0 Å². The molecule has 0 unspecified atom stereocenters. The lowest BCUT2D eigenvalue weighted by Crippen LogP contribution is -2.28. The van der Waals surface area contributed by atoms with E-state index in [9.17, 15) is 0 Å². The minimum absolute atomic E-state index is 0.125. The average Bonchev–Trinajstić information content (AvgIpc) is 3.16. The number of rotatable bonds is 2. The SMILES string of the molecule is Clc1ccc([C@@H]2C[C@@H](c3cccc4ccccc34)n3ncnc3N2)cc1. The van der Waals surface area contributed by atoms with Crippen LogP contribution >= 0.6 is 11.6 Å². The van der Waals surface area contributed by atoms with Crippen molar-refractivity contribution in [2.24, 2.45) is 0 Å². The third-order valence-corrected chi connectivity index (χ3v) is 5.34. The number of nitrogens with one attached hydrogen (secondary N) is 1. The summed E-state index contributed by atoms with van der Waals surface area (Å²) in [5.74, 6) is 0.800. The highest BCUT2D eigenvalue weighted by Crippen LogP contribution is 2.39. The number of aromatic nitrogens is 3. The molecule has 0 saturated carbocycles. The fourth-order valence-electron chi connectivity index (χ4n) is 3.83. The number of halogens is 1. The highest BCUT2D eigenvalue weighted by atomic mass is 35.5. The summed E-state index contributed by atoms with van der Waals surface area (Å²) in [5.41, 5.74) is 2.48. The van der Waals surface area contributed by atoms with E-state index >= 15 is 0 Å². The molecule has 1 aliphatic heterocycles. The van der Waals surface area contributed by atoms with Gasteiger partial charge in [-0.05, 0) is 40.5 Å². The molecule has 5 heteroatoms. The standard InChI is InChI=1S/C21H17ClN4/c22-16-10-8-15(9-11-16)19-12-20(26-21(25-19)23-13-24-26)18-7-3-5-14-4-1-2-6-17(14)18/h1-11,13,19-20H,12H2,(H,23,24,25)/t19-,20-/m0/s1. The first-order chi connectivity index (χ1) is 12.8. The molecule has 5 rings (SSSR count). The quantitative estimate of drug-likeness (QED) is 0.532. The normalized spacial score (nSPS) is 19.1. The molecule has 4 nitrogen and oxygen atoms in total. The topological polar surface area (TPSA) is 42.7 Å². The molecule has 0 amide bonds. The van der Waals surface area contributed by atoms with Crippen molar-refractivity contribution < 1.29 is 0 Å². The Hall–Kier alpha value is -2.85. The van der Waals surface area contributed by atoms with Crippen LogP contribution in [0.5, 0.6) is 0 Å². The fourth-order valence-corrected chi connectivity index (χ4v) is 3.96. The molecule has 2 atom stereocenters. The van der Waals surface area contributed by atoms with Gasteiger partial charge in [-0.1, -0.05) is 66.2 Å². The van der Waals surface area contributed by atoms with Crippen LogP contribution in [0.2, 0.25) is 5.02 Å². The minimum atomic E-state index is 0.125. The van der Waals surface area contributed by atoms with Gasteiger partial charge >= 0.3 is 0 Å². The van der Waals surface area contributed by atoms with Gasteiger partial charge < -0.3 is 5.32 Å². The van der Waals surface area contributed by atoms with Crippen molar-refractivity contribution >= 4 is 28.3 Å². The molecule has 128 valence electrons. The molecule has 0 radical (unpaired) electrons. The summed E-state index contributed by atoms with van der Waals surface area (Å²) in [6, 6.07) is 23.3. The first kappa shape index (κ1) is 15.4. The van der Waals surface area contributed by atoms with Crippen molar-refractivity contribution in [1.82, 2.24) is 14.8 Å². The van der Waals surface area contributed by atoms with Crippen LogP contribution in [0.15, 0.2) is 73.1 Å². The summed E-state index contributed by atoms with van der Waals surface area (Å²) >= 11 is 6.06. The van der Waals surface area contributed by atoms with Gasteiger partial charge in [0.2, 0.25) is 5.95 Å². The first-order valence-corrected chi connectivity index (χ1v) is 9.06. The number of fused-ring (bicyclic) bond motifs is 2. The molecule has 26 heavy (non-hydrogen) atoms. The van der Waals surface area contributed by atoms with Gasteiger partial charge in [0.25, 0.3) is 0 Å². The highest BCUT2D eigenvalue weighted by Gasteiger charge is 2.30. The minimum Gasteiger partial charge on any atom is -0.348 e. The third-order valence-electron chi connectivity index (χ3n) is 5.09. The lowest BCUT2D eigenvalue weighted by atomic mass is 9.90. The van der Waals surface area contributed by atoms with E-state index in [1.165, 1.54) is 21.9 Å². The van der Waals surface area contributed by atoms with Crippen LogP contribution in [0.25, 0.3) is 10.8 Å². The van der Waals surface area contributed by atoms with Crippen LogP contribution in [-0.2, 0) is 0 Å². The predicted octanol–water partition coefficient (Wildman–Crippen LogP) is 5.23. The monoisotopic (exact) mass is 360 g/mol. The second kappa shape index (κ2) is 6.15. The van der Waals surface area contributed by atoms with Gasteiger partial charge in [-0.15, -0.1) is 0 Å². The van der Waals surface area contributed by atoms with Crippen LogP contribution in [0.3, 0.4) is 0 Å². The van der Waals surface area contributed by atoms with Gasteiger partial charge in [0.15, 0.2) is 0 Å². The molecule has 1 aromatic heterocycles. The second-order valence-corrected chi connectivity index (χ2v) is 7.03. The lowest BCUT2D eigenvalue weighted by Gasteiger charge is -2.32. The van der Waals surface area contributed by atoms with Crippen LogP contribution in [0.4, 0.5) is 5.95 Å². The highest BCUT2D eigenvalue weighted by molar-refractivity contribution is 6.30. The van der Waals surface area contributed by atoms with Crippen LogP contribution in [0.1, 0.15) is 29.6 Å². The Morgan fingerprint density at radius 2 is 1.77 bits per heavy atom. The molecular formula is C21H17ClN4. The fraction of sp³-hybridized carbons (Fsp3) is 0.143. The van der Waals surface area contributed by atoms with Crippen molar-refractivity contribution in [3.8, 4) is 0 Å². The number of hydrogen-bond acceptors (Lipinski definition) is 3. The van der Waals surface area contributed by atoms with Gasteiger partial charge in [0, 0.05) is 5.02 Å². The molecule has 0 saturated heterocycles. The van der Waals surface area contributed by atoms with Crippen molar-refractivity contribution in [2.75, 3.05) is 5.32 Å². The summed E-state index contributed by atoms with van der Waals surface area (Å²) in [5, 5.41) is 11.2. The van der Waals surface area contributed by atoms with Crippen molar-refractivity contribution in [3.05, 3.63) is 89.2 Å². The Morgan fingerprint density at radius 3 is 2.65 bits per heavy atom. The number of benzene rings is 3. The van der Waals surface area contributed by atoms with E-state index in [2.05, 4.69) is 70.0 Å². The Kier molecular flexibility index (Phi) is 3.64. The zero-order valence-corrected chi connectivity index (χ0v) is 14.8. The molecular weight excluding hydrogens is 344 g/mol. The van der Waals surface area contributed by atoms with Gasteiger partial charge in [-0.3, -0.25) is 0 Å². The van der Waals surface area contributed by atoms with Gasteiger partial charge in [-0.25, -0.2) is 4.68 Å². The van der Waals surface area contributed by atoms with E-state index in [1.807, 2.05) is 16.8 Å². The number of hydrogen-bond donors (Lipinski definition) is 1. The molecule has 1 N–H and O–H groups in total. The van der Waals surface area contributed by atoms with E-state index in [-0.39, 0.29) is 12.1 Å². The third kappa shape index (κ3) is 2.54. The van der Waals surface area contributed by atoms with Crippen molar-refractivity contribution in [2.45, 2.75) is 18.5 Å². The maximum Gasteiger partial charge on any atom is 0.222 e. The molecule has 0 bridgehead atoms. The van der Waals surface area contributed by atoms with Gasteiger partial charge in [0.1, 0.15) is 6.33 Å². The molecule has 0 aliphatic carbocycles. The lowest BCUT2D eigenvalue weighted by molar-refractivity contribution is 0.433. The largest absolute Gasteiger partial charge is 0.348 e. The second-order valence-electron chi connectivity index (χ2n) is 6.60. The Morgan fingerprint density at radius 1 is 0.962 bits per heavy atom. The number of anilines is 1. The Bertz CT molecular complexity index is 1070. The molecule has 2 heterocycles. The molecule has 1 aliphatic rings. The summed E-state index contributed by atoms with van der Waals surface area (Å²) in [6.45, 7) is 0. The summed E-state index contributed by atoms with van der Waals surface area (Å²) in [4.78, 5) is 4.42. The zero-order chi connectivity index (χ0) is 17.5. The maximum atomic E-state index is 6.06. The average molecular weight is 361 g/mol. The molecule has 0 spiro atoms.